The lowest BCUT2D eigenvalue weighted by molar-refractivity contribution is 0.138. The van der Waals surface area contributed by atoms with Crippen LogP contribution in [0.3, 0.4) is 0 Å². The number of aliphatic imine (C=N–C) groups is 1. The number of hydrogen-bond acceptors (Lipinski definition) is 3. The molecule has 2 N–H and O–H groups in total. The molecule has 0 aliphatic heterocycles. The SMILES string of the molecule is CCC#Cc1ccccc1.CN=C1CC2C(C)CCCC2(C)c2cc(O)c(C(C)C)c(O)c21. The van der Waals surface area contributed by atoms with Gasteiger partial charge in [0.1, 0.15) is 11.5 Å². The van der Waals surface area contributed by atoms with E-state index in [1.54, 1.807) is 0 Å². The standard InChI is InChI=1S/C20H29NO2.C10H10/c1-11(2)17-16(22)10-14-18(19(17)23)15(21-5)9-13-12(3)7-6-8-20(13,14)4;1-2-3-7-10-8-5-4-6-9-10/h10-13,22-23H,6-9H2,1-5H3;4-6,8-9H,2H2,1H3. The molecule has 176 valence electrons. The van der Waals surface area contributed by atoms with E-state index in [0.29, 0.717) is 17.4 Å². The summed E-state index contributed by atoms with van der Waals surface area (Å²) in [5.41, 5.74) is 4.75. The van der Waals surface area contributed by atoms with Gasteiger partial charge in [0.05, 0.1) is 0 Å². The topological polar surface area (TPSA) is 52.8 Å². The van der Waals surface area contributed by atoms with Gasteiger partial charge in [-0.1, -0.05) is 77.5 Å². The zero-order valence-electron chi connectivity index (χ0n) is 21.1. The lowest BCUT2D eigenvalue weighted by Gasteiger charge is -2.50. The number of hydrogen-bond donors (Lipinski definition) is 2. The first-order chi connectivity index (χ1) is 15.7. The maximum Gasteiger partial charge on any atom is 0.132 e. The second-order valence-corrected chi connectivity index (χ2v) is 10.0. The molecule has 4 rings (SSSR count). The first-order valence-electron chi connectivity index (χ1n) is 12.3. The summed E-state index contributed by atoms with van der Waals surface area (Å²) in [7, 11) is 1.82. The fraction of sp³-hybridized carbons (Fsp3) is 0.500. The molecule has 0 saturated heterocycles. The Kier molecular flexibility index (Phi) is 7.90. The van der Waals surface area contributed by atoms with Crippen LogP contribution in [-0.2, 0) is 5.41 Å². The molecule has 2 aliphatic carbocycles. The largest absolute Gasteiger partial charge is 0.508 e. The Labute approximate surface area is 200 Å². The number of nitrogens with zero attached hydrogens (tertiary/aromatic N) is 1. The van der Waals surface area contributed by atoms with Crippen LogP contribution >= 0.6 is 0 Å². The Bertz CT molecular complexity index is 1060. The van der Waals surface area contributed by atoms with E-state index in [-0.39, 0.29) is 22.8 Å². The Morgan fingerprint density at radius 2 is 1.88 bits per heavy atom. The van der Waals surface area contributed by atoms with E-state index >= 15 is 0 Å². The Morgan fingerprint density at radius 1 is 1.18 bits per heavy atom. The van der Waals surface area contributed by atoms with Crippen molar-refractivity contribution in [2.75, 3.05) is 7.05 Å². The summed E-state index contributed by atoms with van der Waals surface area (Å²) in [6, 6.07) is 11.9. The minimum Gasteiger partial charge on any atom is -0.508 e. The van der Waals surface area contributed by atoms with Crippen molar-refractivity contribution in [3.63, 3.8) is 0 Å². The smallest absolute Gasteiger partial charge is 0.132 e. The molecular weight excluding hydrogens is 406 g/mol. The average molecular weight is 446 g/mol. The number of benzene rings is 2. The van der Waals surface area contributed by atoms with Gasteiger partial charge in [-0.3, -0.25) is 4.99 Å². The lowest BCUT2D eigenvalue weighted by Crippen LogP contribution is -2.45. The van der Waals surface area contributed by atoms with Crippen LogP contribution in [0.4, 0.5) is 0 Å². The van der Waals surface area contributed by atoms with Crippen LogP contribution in [-0.4, -0.2) is 23.0 Å². The highest BCUT2D eigenvalue weighted by atomic mass is 16.3. The monoisotopic (exact) mass is 445 g/mol. The van der Waals surface area contributed by atoms with Crippen LogP contribution in [0.25, 0.3) is 0 Å². The molecule has 0 amide bonds. The third-order valence-corrected chi connectivity index (χ3v) is 7.53. The Morgan fingerprint density at radius 3 is 2.48 bits per heavy atom. The zero-order valence-corrected chi connectivity index (χ0v) is 21.1. The van der Waals surface area contributed by atoms with Crippen molar-refractivity contribution in [2.24, 2.45) is 16.8 Å². The molecule has 3 nitrogen and oxygen atoms in total. The minimum atomic E-state index is 0.0195. The van der Waals surface area contributed by atoms with Gasteiger partial charge in [-0.25, -0.2) is 0 Å². The molecule has 1 saturated carbocycles. The minimum absolute atomic E-state index is 0.0195. The van der Waals surface area contributed by atoms with Crippen LogP contribution in [0.15, 0.2) is 41.4 Å². The third kappa shape index (κ3) is 4.96. The molecule has 0 heterocycles. The maximum atomic E-state index is 10.9. The van der Waals surface area contributed by atoms with Crippen molar-refractivity contribution in [1.29, 1.82) is 0 Å². The fourth-order valence-corrected chi connectivity index (χ4v) is 5.77. The normalized spacial score (nSPS) is 24.8. The van der Waals surface area contributed by atoms with Gasteiger partial charge in [-0.2, -0.15) is 0 Å². The number of phenolic OH excluding ortho intramolecular Hbond substituents is 2. The Balaban J connectivity index is 0.000000257. The van der Waals surface area contributed by atoms with Crippen LogP contribution < -0.4 is 0 Å². The molecular formula is C30H39NO2. The summed E-state index contributed by atoms with van der Waals surface area (Å²) in [6.45, 7) is 10.7. The molecule has 33 heavy (non-hydrogen) atoms. The predicted octanol–water partition coefficient (Wildman–Crippen LogP) is 7.19. The second kappa shape index (κ2) is 10.5. The maximum absolute atomic E-state index is 10.9. The van der Waals surface area contributed by atoms with Gasteiger partial charge >= 0.3 is 0 Å². The highest BCUT2D eigenvalue weighted by Crippen LogP contribution is 2.55. The van der Waals surface area contributed by atoms with Crippen LogP contribution in [0.1, 0.15) is 94.9 Å². The molecule has 0 aromatic heterocycles. The molecule has 2 aromatic rings. The summed E-state index contributed by atoms with van der Waals surface area (Å²) in [6.07, 6.45) is 5.44. The van der Waals surface area contributed by atoms with E-state index in [4.69, 9.17) is 0 Å². The molecule has 1 fully saturated rings. The van der Waals surface area contributed by atoms with Crippen molar-refractivity contribution in [1.82, 2.24) is 0 Å². The third-order valence-electron chi connectivity index (χ3n) is 7.53. The summed E-state index contributed by atoms with van der Waals surface area (Å²) in [5, 5.41) is 21.5. The van der Waals surface area contributed by atoms with Gasteiger partial charge < -0.3 is 10.2 Å². The number of rotatable bonds is 1. The molecule has 3 unspecified atom stereocenters. The van der Waals surface area contributed by atoms with Gasteiger partial charge in [0, 0.05) is 35.9 Å². The first-order valence-corrected chi connectivity index (χ1v) is 12.3. The summed E-state index contributed by atoms with van der Waals surface area (Å²) >= 11 is 0. The van der Waals surface area contributed by atoms with Crippen molar-refractivity contribution in [3.8, 4) is 23.3 Å². The average Bonchev–Trinajstić information content (AvgIpc) is 2.79. The summed E-state index contributed by atoms with van der Waals surface area (Å²) in [5.74, 6) is 7.79. The van der Waals surface area contributed by atoms with Gasteiger partial charge in [0.25, 0.3) is 0 Å². The van der Waals surface area contributed by atoms with Gasteiger partial charge in [-0.15, -0.1) is 0 Å². The van der Waals surface area contributed by atoms with Gasteiger partial charge in [0.15, 0.2) is 0 Å². The van der Waals surface area contributed by atoms with Crippen LogP contribution in [0, 0.1) is 23.7 Å². The van der Waals surface area contributed by atoms with Crippen molar-refractivity contribution in [2.45, 2.75) is 78.1 Å². The van der Waals surface area contributed by atoms with Gasteiger partial charge in [0.2, 0.25) is 0 Å². The number of phenols is 2. The Hall–Kier alpha value is -2.73. The highest BCUT2D eigenvalue weighted by molar-refractivity contribution is 6.06. The molecule has 2 aromatic carbocycles. The van der Waals surface area contributed by atoms with Crippen LogP contribution in [0.5, 0.6) is 11.5 Å². The first kappa shape index (κ1) is 24.9. The van der Waals surface area contributed by atoms with Crippen molar-refractivity contribution >= 4 is 5.71 Å². The lowest BCUT2D eigenvalue weighted by atomic mass is 9.54. The highest BCUT2D eigenvalue weighted by Gasteiger charge is 2.48. The van der Waals surface area contributed by atoms with E-state index in [1.807, 2.05) is 57.3 Å². The quantitative estimate of drug-likeness (QED) is 0.457. The number of aromatic hydroxyl groups is 2. The van der Waals surface area contributed by atoms with E-state index in [0.717, 1.165) is 41.7 Å². The molecule has 0 spiro atoms. The molecule has 0 radical (unpaired) electrons. The van der Waals surface area contributed by atoms with E-state index in [2.05, 4.69) is 37.6 Å². The van der Waals surface area contributed by atoms with E-state index < -0.39 is 0 Å². The van der Waals surface area contributed by atoms with Crippen LogP contribution in [0.2, 0.25) is 0 Å². The van der Waals surface area contributed by atoms with Crippen molar-refractivity contribution < 1.29 is 10.2 Å². The zero-order chi connectivity index (χ0) is 24.2. The molecule has 0 bridgehead atoms. The van der Waals surface area contributed by atoms with Gasteiger partial charge in [-0.05, 0) is 59.8 Å². The summed E-state index contributed by atoms with van der Waals surface area (Å²) in [4.78, 5) is 4.51. The molecule has 2 aliphatic rings. The molecule has 3 heteroatoms. The van der Waals surface area contributed by atoms with E-state index in [9.17, 15) is 10.2 Å². The number of fused-ring (bicyclic) bond motifs is 3. The van der Waals surface area contributed by atoms with Crippen molar-refractivity contribution in [3.05, 3.63) is 58.7 Å². The molecule has 3 atom stereocenters. The van der Waals surface area contributed by atoms with E-state index in [1.165, 1.54) is 12.8 Å². The summed E-state index contributed by atoms with van der Waals surface area (Å²) < 4.78 is 0. The second-order valence-electron chi connectivity index (χ2n) is 10.0. The predicted molar refractivity (Wildman–Crippen MR) is 138 cm³/mol. The fourth-order valence-electron chi connectivity index (χ4n) is 5.77.